The van der Waals surface area contributed by atoms with E-state index in [4.69, 9.17) is 0 Å². The summed E-state index contributed by atoms with van der Waals surface area (Å²) < 4.78 is 0. The Balaban J connectivity index is 2.13. The van der Waals surface area contributed by atoms with Gasteiger partial charge in [0.05, 0.1) is 6.42 Å². The molecular weight excluding hydrogens is 238 g/mol. The van der Waals surface area contributed by atoms with Gasteiger partial charge in [-0.2, -0.15) is 0 Å². The molecule has 1 heterocycles. The molecule has 3 nitrogen and oxygen atoms in total. The lowest BCUT2D eigenvalue weighted by Gasteiger charge is -2.04. The number of rotatable bonds is 4. The first-order valence-corrected chi connectivity index (χ1v) is 6.11. The van der Waals surface area contributed by atoms with Crippen molar-refractivity contribution >= 4 is 11.6 Å². The molecule has 0 saturated heterocycles. The summed E-state index contributed by atoms with van der Waals surface area (Å²) >= 11 is 0. The number of aryl methyl sites for hydroxylation is 2. The van der Waals surface area contributed by atoms with Crippen molar-refractivity contribution in [2.45, 2.75) is 20.3 Å². The van der Waals surface area contributed by atoms with Gasteiger partial charge in [-0.25, -0.2) is 0 Å². The predicted octanol–water partition coefficient (Wildman–Crippen LogP) is 3.15. The minimum Gasteiger partial charge on any atom is -0.294 e. The van der Waals surface area contributed by atoms with E-state index in [0.29, 0.717) is 11.1 Å². The van der Waals surface area contributed by atoms with E-state index in [1.165, 1.54) is 0 Å². The van der Waals surface area contributed by atoms with E-state index in [1.54, 1.807) is 30.6 Å². The maximum absolute atomic E-state index is 12.1. The number of carbonyl (C=O) groups excluding carboxylic acids is 2. The summed E-state index contributed by atoms with van der Waals surface area (Å²) in [7, 11) is 0. The van der Waals surface area contributed by atoms with Crippen molar-refractivity contribution in [2.75, 3.05) is 0 Å². The van der Waals surface area contributed by atoms with E-state index in [-0.39, 0.29) is 18.0 Å². The molecule has 0 radical (unpaired) electrons. The Morgan fingerprint density at radius 1 is 0.895 bits per heavy atom. The maximum Gasteiger partial charge on any atom is 0.170 e. The van der Waals surface area contributed by atoms with Crippen LogP contribution in [0.25, 0.3) is 0 Å². The number of aromatic nitrogens is 1. The van der Waals surface area contributed by atoms with Gasteiger partial charge in [-0.3, -0.25) is 14.6 Å². The number of hydrogen-bond acceptors (Lipinski definition) is 3. The Kier molecular flexibility index (Phi) is 3.85. The average molecular weight is 253 g/mol. The normalized spacial score (nSPS) is 10.2. The average Bonchev–Trinajstić information content (AvgIpc) is 2.42. The molecule has 0 spiro atoms. The molecule has 2 aromatic rings. The number of hydrogen-bond donors (Lipinski definition) is 0. The molecule has 0 aliphatic carbocycles. The summed E-state index contributed by atoms with van der Waals surface area (Å²) in [5, 5.41) is 0. The molecule has 0 atom stereocenters. The van der Waals surface area contributed by atoms with Gasteiger partial charge in [0.2, 0.25) is 0 Å². The van der Waals surface area contributed by atoms with Gasteiger partial charge in [0, 0.05) is 23.5 Å². The highest BCUT2D eigenvalue weighted by Crippen LogP contribution is 2.13. The summed E-state index contributed by atoms with van der Waals surface area (Å²) in [5.74, 6) is -0.324. The van der Waals surface area contributed by atoms with Crippen molar-refractivity contribution in [2.24, 2.45) is 0 Å². The van der Waals surface area contributed by atoms with Crippen LogP contribution in [0.2, 0.25) is 0 Å². The second-order valence-electron chi connectivity index (χ2n) is 4.56. The third-order valence-electron chi connectivity index (χ3n) is 3.15. The molecule has 0 bridgehead atoms. The first-order valence-electron chi connectivity index (χ1n) is 6.11. The van der Waals surface area contributed by atoms with Gasteiger partial charge in [-0.05, 0) is 43.2 Å². The van der Waals surface area contributed by atoms with Gasteiger partial charge in [0.25, 0.3) is 0 Å². The fraction of sp³-hybridized carbons (Fsp3) is 0.188. The number of ketones is 2. The Hall–Kier alpha value is -2.29. The van der Waals surface area contributed by atoms with Crippen LogP contribution in [0.5, 0.6) is 0 Å². The number of carbonyl (C=O) groups is 2. The number of pyridine rings is 1. The van der Waals surface area contributed by atoms with Gasteiger partial charge in [0.1, 0.15) is 0 Å². The standard InChI is InChI=1S/C16H15NO2/c1-11-3-4-14(9-12(11)2)16(19)10-15(18)13-5-7-17-8-6-13/h3-9H,10H2,1-2H3. The lowest BCUT2D eigenvalue weighted by molar-refractivity contribution is 0.0894. The molecule has 19 heavy (non-hydrogen) atoms. The molecule has 3 heteroatoms. The number of nitrogens with zero attached hydrogens (tertiary/aromatic N) is 1. The number of Topliss-reactive ketones (excluding diaryl/α,β-unsaturated/α-hetero) is 2. The van der Waals surface area contributed by atoms with Crippen LogP contribution >= 0.6 is 0 Å². The van der Waals surface area contributed by atoms with E-state index in [1.807, 2.05) is 26.0 Å². The fourth-order valence-corrected chi connectivity index (χ4v) is 1.80. The quantitative estimate of drug-likeness (QED) is 0.621. The summed E-state index contributed by atoms with van der Waals surface area (Å²) in [6, 6.07) is 8.74. The van der Waals surface area contributed by atoms with Gasteiger partial charge in [-0.15, -0.1) is 0 Å². The smallest absolute Gasteiger partial charge is 0.170 e. The minimum absolute atomic E-state index is 0.105. The highest BCUT2D eigenvalue weighted by atomic mass is 16.1. The van der Waals surface area contributed by atoms with Crippen LogP contribution in [0.1, 0.15) is 38.3 Å². The van der Waals surface area contributed by atoms with Crippen LogP contribution in [0, 0.1) is 13.8 Å². The van der Waals surface area contributed by atoms with Crippen molar-refractivity contribution in [3.63, 3.8) is 0 Å². The van der Waals surface area contributed by atoms with E-state index in [0.717, 1.165) is 11.1 Å². The fourth-order valence-electron chi connectivity index (χ4n) is 1.80. The maximum atomic E-state index is 12.1. The summed E-state index contributed by atoms with van der Waals surface area (Å²) in [6.07, 6.45) is 2.99. The van der Waals surface area contributed by atoms with E-state index in [2.05, 4.69) is 4.98 Å². The van der Waals surface area contributed by atoms with Crippen molar-refractivity contribution in [1.82, 2.24) is 4.98 Å². The van der Waals surface area contributed by atoms with Crippen molar-refractivity contribution in [3.05, 3.63) is 65.0 Å². The Bertz CT molecular complexity index is 618. The minimum atomic E-state index is -0.175. The third kappa shape index (κ3) is 3.13. The summed E-state index contributed by atoms with van der Waals surface area (Å²) in [4.78, 5) is 27.8. The van der Waals surface area contributed by atoms with E-state index in [9.17, 15) is 9.59 Å². The van der Waals surface area contributed by atoms with Crippen LogP contribution in [0.3, 0.4) is 0 Å². The molecule has 0 fully saturated rings. The second-order valence-corrected chi connectivity index (χ2v) is 4.56. The van der Waals surface area contributed by atoms with Crippen LogP contribution < -0.4 is 0 Å². The Labute approximate surface area is 112 Å². The Morgan fingerprint density at radius 3 is 2.16 bits per heavy atom. The molecule has 96 valence electrons. The van der Waals surface area contributed by atoms with Gasteiger partial charge in [0.15, 0.2) is 11.6 Å². The lowest BCUT2D eigenvalue weighted by Crippen LogP contribution is -2.09. The van der Waals surface area contributed by atoms with Crippen LogP contribution in [-0.2, 0) is 0 Å². The molecule has 0 aliphatic rings. The van der Waals surface area contributed by atoms with Crippen LogP contribution in [-0.4, -0.2) is 16.6 Å². The van der Waals surface area contributed by atoms with E-state index >= 15 is 0 Å². The zero-order valence-electron chi connectivity index (χ0n) is 11.0. The Morgan fingerprint density at radius 2 is 1.53 bits per heavy atom. The van der Waals surface area contributed by atoms with Gasteiger partial charge in [-0.1, -0.05) is 12.1 Å². The lowest BCUT2D eigenvalue weighted by atomic mass is 9.99. The van der Waals surface area contributed by atoms with E-state index < -0.39 is 0 Å². The molecule has 0 amide bonds. The highest BCUT2D eigenvalue weighted by Gasteiger charge is 2.13. The molecule has 0 saturated carbocycles. The summed E-state index contributed by atoms with van der Waals surface area (Å²) in [6.45, 7) is 3.95. The third-order valence-corrected chi connectivity index (χ3v) is 3.15. The predicted molar refractivity (Wildman–Crippen MR) is 73.4 cm³/mol. The molecular formula is C16H15NO2. The SMILES string of the molecule is Cc1ccc(C(=O)CC(=O)c2ccncc2)cc1C. The molecule has 1 aromatic heterocycles. The topological polar surface area (TPSA) is 47.0 Å². The van der Waals surface area contributed by atoms with Crippen molar-refractivity contribution in [1.29, 1.82) is 0 Å². The van der Waals surface area contributed by atoms with Crippen molar-refractivity contribution < 1.29 is 9.59 Å². The largest absolute Gasteiger partial charge is 0.294 e. The van der Waals surface area contributed by atoms with Gasteiger partial charge < -0.3 is 0 Å². The summed E-state index contributed by atoms with van der Waals surface area (Å²) in [5.41, 5.74) is 3.30. The highest BCUT2D eigenvalue weighted by molar-refractivity contribution is 6.13. The van der Waals surface area contributed by atoms with Crippen LogP contribution in [0.4, 0.5) is 0 Å². The molecule has 0 N–H and O–H groups in total. The zero-order valence-corrected chi connectivity index (χ0v) is 11.0. The zero-order chi connectivity index (χ0) is 13.8. The molecule has 0 unspecified atom stereocenters. The van der Waals surface area contributed by atoms with Gasteiger partial charge >= 0.3 is 0 Å². The first kappa shape index (κ1) is 13.1. The number of benzene rings is 1. The molecule has 2 rings (SSSR count). The molecule has 0 aliphatic heterocycles. The molecule has 1 aromatic carbocycles. The van der Waals surface area contributed by atoms with Crippen molar-refractivity contribution in [3.8, 4) is 0 Å². The first-order chi connectivity index (χ1) is 9.08. The second kappa shape index (κ2) is 5.57. The monoisotopic (exact) mass is 253 g/mol. The van der Waals surface area contributed by atoms with Crippen LogP contribution in [0.15, 0.2) is 42.7 Å².